The Bertz CT molecular complexity index is 348. The Morgan fingerprint density at radius 1 is 0.842 bits per heavy atom. The topological polar surface area (TPSA) is 18.5 Å². The standard InChI is InChI=1S/C17H26O2/c1-11-12-8-9-13(10-12)16(11)17-18-14-6-4-2-3-5-7-15(14)19-17/h8-9,11-17H,2-7,10H2,1H3/t11-,12+,13-,14-,15+,16+,17?/m0/s1. The molecule has 0 N–H and O–H groups in total. The van der Waals surface area contributed by atoms with Crippen molar-refractivity contribution in [2.45, 2.75) is 70.4 Å². The van der Waals surface area contributed by atoms with E-state index in [1.807, 2.05) is 0 Å². The van der Waals surface area contributed by atoms with Gasteiger partial charge in [0.2, 0.25) is 0 Å². The van der Waals surface area contributed by atoms with Gasteiger partial charge in [0, 0.05) is 5.92 Å². The smallest absolute Gasteiger partial charge is 0.162 e. The van der Waals surface area contributed by atoms with E-state index in [1.165, 1.54) is 44.9 Å². The first-order chi connectivity index (χ1) is 9.33. The fraction of sp³-hybridized carbons (Fsp3) is 0.882. The van der Waals surface area contributed by atoms with E-state index >= 15 is 0 Å². The maximum atomic E-state index is 6.35. The third-order valence-corrected chi connectivity index (χ3v) is 6.00. The van der Waals surface area contributed by atoms with Crippen LogP contribution in [0.1, 0.15) is 51.9 Å². The van der Waals surface area contributed by atoms with Crippen molar-refractivity contribution in [2.24, 2.45) is 23.7 Å². The van der Waals surface area contributed by atoms with Gasteiger partial charge in [-0.2, -0.15) is 0 Å². The van der Waals surface area contributed by atoms with Crippen molar-refractivity contribution >= 4 is 0 Å². The van der Waals surface area contributed by atoms with Crippen molar-refractivity contribution < 1.29 is 9.47 Å². The third kappa shape index (κ3) is 2.08. The monoisotopic (exact) mass is 262 g/mol. The number of hydrogen-bond acceptors (Lipinski definition) is 2. The molecule has 1 unspecified atom stereocenters. The molecule has 2 nitrogen and oxygen atoms in total. The Morgan fingerprint density at radius 2 is 1.47 bits per heavy atom. The molecule has 0 aromatic carbocycles. The summed E-state index contributed by atoms with van der Waals surface area (Å²) in [6, 6.07) is 0. The molecule has 2 heteroatoms. The van der Waals surface area contributed by atoms with Crippen molar-refractivity contribution in [1.82, 2.24) is 0 Å². The average molecular weight is 262 g/mol. The van der Waals surface area contributed by atoms with E-state index in [0.29, 0.717) is 18.1 Å². The van der Waals surface area contributed by atoms with Crippen LogP contribution in [0.15, 0.2) is 12.2 Å². The molecule has 4 aliphatic rings. The summed E-state index contributed by atoms with van der Waals surface area (Å²) in [4.78, 5) is 0. The summed E-state index contributed by atoms with van der Waals surface area (Å²) in [6.45, 7) is 2.39. The molecule has 1 aliphatic heterocycles. The summed E-state index contributed by atoms with van der Waals surface area (Å²) in [6.07, 6.45) is 14.9. The minimum absolute atomic E-state index is 0.0862. The SMILES string of the molecule is C[C@@H]1[C@@H](C2O[C@H]3CCCCCC[C@H]3O2)[C@H]2C=C[C@@H]1C2. The van der Waals surface area contributed by atoms with E-state index in [2.05, 4.69) is 19.1 Å². The van der Waals surface area contributed by atoms with Crippen LogP contribution in [0.2, 0.25) is 0 Å². The lowest BCUT2D eigenvalue weighted by molar-refractivity contribution is -0.121. The fourth-order valence-corrected chi connectivity index (χ4v) is 4.84. The molecule has 0 radical (unpaired) electrons. The van der Waals surface area contributed by atoms with Gasteiger partial charge >= 0.3 is 0 Å². The lowest BCUT2D eigenvalue weighted by atomic mass is 9.84. The van der Waals surface area contributed by atoms with E-state index in [-0.39, 0.29) is 6.29 Å². The molecule has 3 aliphatic carbocycles. The van der Waals surface area contributed by atoms with E-state index in [0.717, 1.165) is 17.8 Å². The number of rotatable bonds is 1. The molecule has 0 amide bonds. The normalized spacial score (nSPS) is 53.0. The number of fused-ring (bicyclic) bond motifs is 3. The summed E-state index contributed by atoms with van der Waals surface area (Å²) in [5.74, 6) is 2.86. The zero-order valence-corrected chi connectivity index (χ0v) is 12.0. The maximum Gasteiger partial charge on any atom is 0.162 e. The first-order valence-electron chi connectivity index (χ1n) is 8.32. The van der Waals surface area contributed by atoms with Crippen LogP contribution in [0, 0.1) is 23.7 Å². The van der Waals surface area contributed by atoms with Crippen LogP contribution in [0.25, 0.3) is 0 Å². The fourth-order valence-electron chi connectivity index (χ4n) is 4.84. The zero-order valence-electron chi connectivity index (χ0n) is 12.0. The van der Waals surface area contributed by atoms with E-state index in [1.54, 1.807) is 0 Å². The summed E-state index contributed by atoms with van der Waals surface area (Å²) >= 11 is 0. The lowest BCUT2D eigenvalue weighted by Gasteiger charge is -2.29. The van der Waals surface area contributed by atoms with Gasteiger partial charge in [-0.15, -0.1) is 0 Å². The zero-order chi connectivity index (χ0) is 12.8. The molecule has 1 saturated heterocycles. The Hall–Kier alpha value is -0.340. The Morgan fingerprint density at radius 3 is 2.05 bits per heavy atom. The molecule has 2 bridgehead atoms. The molecular weight excluding hydrogens is 236 g/mol. The second kappa shape index (κ2) is 4.89. The van der Waals surface area contributed by atoms with Crippen molar-refractivity contribution in [3.05, 3.63) is 12.2 Å². The van der Waals surface area contributed by atoms with Gasteiger partial charge < -0.3 is 9.47 Å². The number of hydrogen-bond donors (Lipinski definition) is 0. The molecule has 0 aromatic heterocycles. The summed E-state index contributed by atoms with van der Waals surface area (Å²) in [5.41, 5.74) is 0. The molecule has 0 aromatic rings. The maximum absolute atomic E-state index is 6.35. The predicted molar refractivity (Wildman–Crippen MR) is 74.6 cm³/mol. The lowest BCUT2D eigenvalue weighted by Crippen LogP contribution is -2.31. The van der Waals surface area contributed by atoms with Gasteiger partial charge in [0.1, 0.15) is 0 Å². The first kappa shape index (κ1) is 12.4. The quantitative estimate of drug-likeness (QED) is 0.667. The average Bonchev–Trinajstić information content (AvgIpc) is 3.04. The molecule has 2 saturated carbocycles. The highest BCUT2D eigenvalue weighted by Crippen LogP contribution is 2.51. The van der Waals surface area contributed by atoms with Crippen LogP contribution in [-0.4, -0.2) is 18.5 Å². The van der Waals surface area contributed by atoms with Crippen LogP contribution in [0.3, 0.4) is 0 Å². The van der Waals surface area contributed by atoms with Gasteiger partial charge in [0.05, 0.1) is 12.2 Å². The summed E-state index contributed by atoms with van der Waals surface area (Å²) in [5, 5.41) is 0. The highest BCUT2D eigenvalue weighted by molar-refractivity contribution is 5.13. The predicted octanol–water partition coefficient (Wildman–Crippen LogP) is 3.91. The van der Waals surface area contributed by atoms with E-state index in [9.17, 15) is 0 Å². The van der Waals surface area contributed by atoms with Crippen LogP contribution in [0.4, 0.5) is 0 Å². The highest BCUT2D eigenvalue weighted by Gasteiger charge is 2.50. The van der Waals surface area contributed by atoms with Gasteiger partial charge in [-0.1, -0.05) is 44.8 Å². The number of ether oxygens (including phenoxy) is 2. The molecule has 4 rings (SSSR count). The van der Waals surface area contributed by atoms with Crippen LogP contribution in [-0.2, 0) is 9.47 Å². The van der Waals surface area contributed by atoms with Crippen molar-refractivity contribution in [3.63, 3.8) is 0 Å². The molecule has 3 fully saturated rings. The van der Waals surface area contributed by atoms with Crippen molar-refractivity contribution in [2.75, 3.05) is 0 Å². The molecule has 0 spiro atoms. The molecule has 1 heterocycles. The van der Waals surface area contributed by atoms with Gasteiger partial charge in [0.15, 0.2) is 6.29 Å². The third-order valence-electron chi connectivity index (χ3n) is 6.00. The minimum Gasteiger partial charge on any atom is -0.346 e. The largest absolute Gasteiger partial charge is 0.346 e. The summed E-state index contributed by atoms with van der Waals surface area (Å²) in [7, 11) is 0. The second-order valence-electron chi connectivity index (χ2n) is 7.09. The highest BCUT2D eigenvalue weighted by atomic mass is 16.7. The van der Waals surface area contributed by atoms with Crippen LogP contribution >= 0.6 is 0 Å². The van der Waals surface area contributed by atoms with Gasteiger partial charge in [-0.3, -0.25) is 0 Å². The molecule has 19 heavy (non-hydrogen) atoms. The Kier molecular flexibility index (Phi) is 3.19. The van der Waals surface area contributed by atoms with E-state index in [4.69, 9.17) is 9.47 Å². The molecular formula is C17H26O2. The van der Waals surface area contributed by atoms with Crippen molar-refractivity contribution in [3.8, 4) is 0 Å². The number of allylic oxidation sites excluding steroid dienone is 2. The van der Waals surface area contributed by atoms with Crippen LogP contribution < -0.4 is 0 Å². The molecule has 106 valence electrons. The van der Waals surface area contributed by atoms with Gasteiger partial charge in [-0.25, -0.2) is 0 Å². The first-order valence-corrected chi connectivity index (χ1v) is 8.32. The molecule has 7 atom stereocenters. The van der Waals surface area contributed by atoms with Gasteiger partial charge in [0.25, 0.3) is 0 Å². The Labute approximate surface area is 116 Å². The van der Waals surface area contributed by atoms with E-state index < -0.39 is 0 Å². The second-order valence-corrected chi connectivity index (χ2v) is 7.09. The van der Waals surface area contributed by atoms with Crippen molar-refractivity contribution in [1.29, 1.82) is 0 Å². The van der Waals surface area contributed by atoms with Gasteiger partial charge in [-0.05, 0) is 37.0 Å². The van der Waals surface area contributed by atoms with Crippen LogP contribution in [0.5, 0.6) is 0 Å². The summed E-state index contributed by atoms with van der Waals surface area (Å²) < 4.78 is 12.7. The Balaban J connectivity index is 1.47. The minimum atomic E-state index is 0.0862.